The fraction of sp³-hybridized carbons (Fsp3) is 0.333. The summed E-state index contributed by atoms with van der Waals surface area (Å²) in [6.45, 7) is 0. The van der Waals surface area contributed by atoms with Crippen molar-refractivity contribution in [1.82, 2.24) is 4.37 Å². The maximum absolute atomic E-state index is 10.8. The van der Waals surface area contributed by atoms with Crippen LogP contribution in [0.25, 0.3) is 0 Å². The van der Waals surface area contributed by atoms with Gasteiger partial charge in [-0.15, -0.1) is 0 Å². The smallest absolute Gasteiger partial charge is 0.307 e. The number of nitrogens with zero attached hydrogens (tertiary/aromatic N) is 2. The van der Waals surface area contributed by atoms with E-state index in [0.717, 1.165) is 17.8 Å². The predicted octanol–water partition coefficient (Wildman–Crippen LogP) is 0.395. The summed E-state index contributed by atoms with van der Waals surface area (Å²) in [5.74, 6) is -0.177. The van der Waals surface area contributed by atoms with Crippen LogP contribution in [0.1, 0.15) is 5.56 Å². The minimum absolute atomic E-state index is 0.0999. The van der Waals surface area contributed by atoms with Gasteiger partial charge in [0.05, 0.1) is 6.26 Å². The maximum atomic E-state index is 10.8. The molecule has 0 radical (unpaired) electrons. The van der Waals surface area contributed by atoms with E-state index >= 15 is 0 Å². The molecule has 14 heavy (non-hydrogen) atoms. The molecule has 0 unspecified atom stereocenters. The van der Waals surface area contributed by atoms with Crippen molar-refractivity contribution in [2.24, 2.45) is 0 Å². The van der Waals surface area contributed by atoms with Crippen LogP contribution >= 0.6 is 11.5 Å². The molecule has 0 saturated carbocycles. The van der Waals surface area contributed by atoms with E-state index in [1.165, 1.54) is 0 Å². The first kappa shape index (κ1) is 10.7. The summed E-state index contributed by atoms with van der Waals surface area (Å²) >= 11 is 0.968. The van der Waals surface area contributed by atoms with Crippen molar-refractivity contribution < 1.29 is 12.6 Å². The highest BCUT2D eigenvalue weighted by Crippen LogP contribution is 2.29. The SMILES string of the molecule is CNc1snc(OS(C)(=O)=O)c1C#N. The summed E-state index contributed by atoms with van der Waals surface area (Å²) in [7, 11) is -2.03. The van der Waals surface area contributed by atoms with Gasteiger partial charge in [0.1, 0.15) is 11.1 Å². The topological polar surface area (TPSA) is 92.1 Å². The van der Waals surface area contributed by atoms with Crippen molar-refractivity contribution in [3.05, 3.63) is 5.56 Å². The Kier molecular flexibility index (Phi) is 2.93. The predicted molar refractivity (Wildman–Crippen MR) is 51.8 cm³/mol. The van der Waals surface area contributed by atoms with E-state index in [0.29, 0.717) is 5.00 Å². The lowest BCUT2D eigenvalue weighted by atomic mass is 10.4. The van der Waals surface area contributed by atoms with Crippen LogP contribution in [-0.2, 0) is 10.1 Å². The van der Waals surface area contributed by atoms with E-state index in [1.54, 1.807) is 7.05 Å². The summed E-state index contributed by atoms with van der Waals surface area (Å²) in [5.41, 5.74) is 0.0999. The molecule has 0 amide bonds. The average molecular weight is 233 g/mol. The van der Waals surface area contributed by atoms with Crippen molar-refractivity contribution in [2.45, 2.75) is 0 Å². The van der Waals surface area contributed by atoms with Gasteiger partial charge < -0.3 is 9.50 Å². The van der Waals surface area contributed by atoms with Crippen LogP contribution < -0.4 is 9.50 Å². The summed E-state index contributed by atoms with van der Waals surface area (Å²) in [4.78, 5) is 0. The second-order valence-electron chi connectivity index (χ2n) is 2.34. The summed E-state index contributed by atoms with van der Waals surface area (Å²) < 4.78 is 29.8. The number of hydrogen-bond donors (Lipinski definition) is 1. The molecular formula is C6H7N3O3S2. The highest BCUT2D eigenvalue weighted by atomic mass is 32.2. The largest absolute Gasteiger partial charge is 0.378 e. The molecule has 0 aromatic carbocycles. The molecule has 0 bridgehead atoms. The van der Waals surface area contributed by atoms with Crippen molar-refractivity contribution in [2.75, 3.05) is 18.6 Å². The Morgan fingerprint density at radius 2 is 2.29 bits per heavy atom. The van der Waals surface area contributed by atoms with Crippen LogP contribution in [0.3, 0.4) is 0 Å². The lowest BCUT2D eigenvalue weighted by molar-refractivity contribution is 0.485. The highest BCUT2D eigenvalue weighted by Gasteiger charge is 2.17. The van der Waals surface area contributed by atoms with E-state index < -0.39 is 10.1 Å². The molecule has 0 aliphatic rings. The van der Waals surface area contributed by atoms with E-state index in [9.17, 15) is 8.42 Å². The van der Waals surface area contributed by atoms with E-state index in [1.807, 2.05) is 6.07 Å². The van der Waals surface area contributed by atoms with Crippen LogP contribution in [-0.4, -0.2) is 26.1 Å². The standard InChI is InChI=1S/C6H7N3O3S2/c1-8-6-4(3-7)5(9-13-6)12-14(2,10)11/h8H,1-2H3. The van der Waals surface area contributed by atoms with E-state index in [2.05, 4.69) is 13.9 Å². The summed E-state index contributed by atoms with van der Waals surface area (Å²) in [5, 5.41) is 11.9. The first-order valence-electron chi connectivity index (χ1n) is 3.45. The Morgan fingerprint density at radius 1 is 1.64 bits per heavy atom. The molecule has 1 N–H and O–H groups in total. The van der Waals surface area contributed by atoms with Gasteiger partial charge >= 0.3 is 10.1 Å². The normalized spacial score (nSPS) is 10.6. The molecule has 0 aliphatic heterocycles. The zero-order chi connectivity index (χ0) is 10.8. The van der Waals surface area contributed by atoms with Gasteiger partial charge in [-0.2, -0.15) is 18.1 Å². The zero-order valence-corrected chi connectivity index (χ0v) is 9.07. The second-order valence-corrected chi connectivity index (χ2v) is 4.69. The van der Waals surface area contributed by atoms with Gasteiger partial charge in [0.15, 0.2) is 5.56 Å². The minimum atomic E-state index is -3.64. The highest BCUT2D eigenvalue weighted by molar-refractivity contribution is 7.86. The Morgan fingerprint density at radius 3 is 2.71 bits per heavy atom. The third-order valence-electron chi connectivity index (χ3n) is 1.23. The summed E-state index contributed by atoms with van der Waals surface area (Å²) in [6.07, 6.45) is 0.895. The van der Waals surface area contributed by atoms with Gasteiger partial charge in [0, 0.05) is 7.05 Å². The van der Waals surface area contributed by atoms with Gasteiger partial charge in [0.25, 0.3) is 5.88 Å². The second kappa shape index (κ2) is 3.81. The Labute approximate surface area is 85.4 Å². The molecular weight excluding hydrogens is 226 g/mol. The first-order valence-corrected chi connectivity index (χ1v) is 6.04. The zero-order valence-electron chi connectivity index (χ0n) is 7.44. The molecule has 1 heterocycles. The molecule has 0 atom stereocenters. The van der Waals surface area contributed by atoms with E-state index in [-0.39, 0.29) is 11.4 Å². The monoisotopic (exact) mass is 233 g/mol. The number of hydrogen-bond acceptors (Lipinski definition) is 7. The van der Waals surface area contributed by atoms with Gasteiger partial charge in [-0.05, 0) is 11.5 Å². The van der Waals surface area contributed by atoms with Crippen LogP contribution in [0.5, 0.6) is 5.88 Å². The molecule has 1 aromatic heterocycles. The van der Waals surface area contributed by atoms with Crippen molar-refractivity contribution in [3.63, 3.8) is 0 Å². The van der Waals surface area contributed by atoms with Gasteiger partial charge in [-0.25, -0.2) is 0 Å². The number of aromatic nitrogens is 1. The van der Waals surface area contributed by atoms with Crippen LogP contribution in [0.2, 0.25) is 0 Å². The third-order valence-corrected chi connectivity index (χ3v) is 2.54. The molecule has 1 aromatic rings. The van der Waals surface area contributed by atoms with E-state index in [4.69, 9.17) is 5.26 Å². The third kappa shape index (κ3) is 2.34. The van der Waals surface area contributed by atoms with Gasteiger partial charge in [-0.1, -0.05) is 0 Å². The Balaban J connectivity index is 3.12. The fourth-order valence-electron chi connectivity index (χ4n) is 0.745. The fourth-order valence-corrected chi connectivity index (χ4v) is 1.82. The van der Waals surface area contributed by atoms with Gasteiger partial charge in [0.2, 0.25) is 0 Å². The Bertz CT molecular complexity index is 471. The molecule has 0 fully saturated rings. The summed E-state index contributed by atoms with van der Waals surface area (Å²) in [6, 6.07) is 1.81. The van der Waals surface area contributed by atoms with Crippen LogP contribution in [0.4, 0.5) is 5.00 Å². The van der Waals surface area contributed by atoms with Crippen LogP contribution in [0.15, 0.2) is 0 Å². The van der Waals surface area contributed by atoms with Gasteiger partial charge in [-0.3, -0.25) is 0 Å². The maximum Gasteiger partial charge on any atom is 0.307 e. The number of nitrogens with one attached hydrogen (secondary N) is 1. The molecule has 0 aliphatic carbocycles. The molecule has 8 heteroatoms. The molecule has 0 saturated heterocycles. The molecule has 1 rings (SSSR count). The molecule has 0 spiro atoms. The lowest BCUT2D eigenvalue weighted by Crippen LogP contribution is -2.06. The first-order chi connectivity index (χ1) is 6.48. The van der Waals surface area contributed by atoms with Crippen molar-refractivity contribution in [1.29, 1.82) is 5.26 Å². The quantitative estimate of drug-likeness (QED) is 0.759. The number of anilines is 1. The lowest BCUT2D eigenvalue weighted by Gasteiger charge is -1.98. The minimum Gasteiger partial charge on any atom is -0.378 e. The molecule has 6 nitrogen and oxygen atoms in total. The average Bonchev–Trinajstić information content (AvgIpc) is 2.43. The van der Waals surface area contributed by atoms with Crippen LogP contribution in [0, 0.1) is 11.3 Å². The molecule has 76 valence electrons. The Hall–Kier alpha value is -1.33. The van der Waals surface area contributed by atoms with Crippen molar-refractivity contribution >= 4 is 26.7 Å². The number of nitriles is 1. The van der Waals surface area contributed by atoms with Crippen molar-refractivity contribution in [3.8, 4) is 11.9 Å². The number of rotatable bonds is 3.